The van der Waals surface area contributed by atoms with E-state index in [4.69, 9.17) is 5.11 Å². The lowest BCUT2D eigenvalue weighted by Crippen LogP contribution is -2.02. The molecule has 0 unspecified atom stereocenters. The van der Waals surface area contributed by atoms with Gasteiger partial charge in [0.15, 0.2) is 0 Å². The van der Waals surface area contributed by atoms with Crippen LogP contribution in [0.3, 0.4) is 0 Å². The van der Waals surface area contributed by atoms with Gasteiger partial charge in [0.1, 0.15) is 0 Å². The molecule has 0 spiro atoms. The SMILES string of the molecule is O=C(O)Cc1cnccc1-c1ccccc1. The summed E-state index contributed by atoms with van der Waals surface area (Å²) in [7, 11) is 0. The molecule has 0 saturated carbocycles. The third-order valence-corrected chi connectivity index (χ3v) is 2.33. The first-order chi connectivity index (χ1) is 7.77. The molecule has 1 heterocycles. The summed E-state index contributed by atoms with van der Waals surface area (Å²) in [6.45, 7) is 0. The standard InChI is InChI=1S/C13H11NO2/c15-13(16)8-11-9-14-7-6-12(11)10-4-2-1-3-5-10/h1-7,9H,8H2,(H,15,16). The number of pyridine rings is 1. The monoisotopic (exact) mass is 213 g/mol. The number of hydrogen-bond acceptors (Lipinski definition) is 2. The normalized spacial score (nSPS) is 10.0. The molecule has 2 rings (SSSR count). The highest BCUT2D eigenvalue weighted by atomic mass is 16.4. The highest BCUT2D eigenvalue weighted by Gasteiger charge is 2.07. The van der Waals surface area contributed by atoms with Gasteiger partial charge < -0.3 is 5.11 Å². The second-order valence-corrected chi connectivity index (χ2v) is 3.47. The minimum atomic E-state index is -0.842. The Balaban J connectivity index is 2.44. The molecule has 0 amide bonds. The van der Waals surface area contributed by atoms with Crippen molar-refractivity contribution in [2.45, 2.75) is 6.42 Å². The van der Waals surface area contributed by atoms with Crippen molar-refractivity contribution in [3.63, 3.8) is 0 Å². The summed E-state index contributed by atoms with van der Waals surface area (Å²) in [4.78, 5) is 14.7. The molecule has 1 N–H and O–H groups in total. The Labute approximate surface area is 93.4 Å². The van der Waals surface area contributed by atoms with Crippen LogP contribution in [0.2, 0.25) is 0 Å². The highest BCUT2D eigenvalue weighted by molar-refractivity contribution is 5.76. The van der Waals surface area contributed by atoms with E-state index in [2.05, 4.69) is 4.98 Å². The molecular formula is C13H11NO2. The Morgan fingerprint density at radius 2 is 1.94 bits per heavy atom. The fourth-order valence-corrected chi connectivity index (χ4v) is 1.63. The van der Waals surface area contributed by atoms with E-state index in [1.54, 1.807) is 12.4 Å². The number of carboxylic acids is 1. The molecule has 80 valence electrons. The zero-order valence-corrected chi connectivity index (χ0v) is 8.63. The van der Waals surface area contributed by atoms with Crippen LogP contribution in [0.5, 0.6) is 0 Å². The van der Waals surface area contributed by atoms with Gasteiger partial charge in [0, 0.05) is 12.4 Å². The van der Waals surface area contributed by atoms with Gasteiger partial charge in [-0.05, 0) is 22.8 Å². The van der Waals surface area contributed by atoms with Crippen LogP contribution >= 0.6 is 0 Å². The average molecular weight is 213 g/mol. The number of aromatic nitrogens is 1. The lowest BCUT2D eigenvalue weighted by atomic mass is 10.0. The molecule has 0 aliphatic heterocycles. The van der Waals surface area contributed by atoms with Gasteiger partial charge in [0.2, 0.25) is 0 Å². The molecular weight excluding hydrogens is 202 g/mol. The molecule has 0 aliphatic rings. The van der Waals surface area contributed by atoms with E-state index in [9.17, 15) is 4.79 Å². The first-order valence-corrected chi connectivity index (χ1v) is 4.97. The Bertz CT molecular complexity index is 494. The van der Waals surface area contributed by atoms with E-state index in [0.29, 0.717) is 0 Å². The maximum Gasteiger partial charge on any atom is 0.307 e. The van der Waals surface area contributed by atoms with Crippen LogP contribution in [0.25, 0.3) is 11.1 Å². The molecule has 0 saturated heterocycles. The lowest BCUT2D eigenvalue weighted by molar-refractivity contribution is -0.136. The quantitative estimate of drug-likeness (QED) is 0.851. The Morgan fingerprint density at radius 3 is 2.62 bits per heavy atom. The van der Waals surface area contributed by atoms with E-state index in [-0.39, 0.29) is 6.42 Å². The second-order valence-electron chi connectivity index (χ2n) is 3.47. The molecule has 0 bridgehead atoms. The van der Waals surface area contributed by atoms with Gasteiger partial charge >= 0.3 is 5.97 Å². The Morgan fingerprint density at radius 1 is 1.19 bits per heavy atom. The van der Waals surface area contributed by atoms with Gasteiger partial charge in [0.25, 0.3) is 0 Å². The van der Waals surface area contributed by atoms with Crippen LogP contribution in [0, 0.1) is 0 Å². The maximum atomic E-state index is 10.7. The molecule has 3 heteroatoms. The Kier molecular flexibility index (Phi) is 2.96. The Hall–Kier alpha value is -2.16. The smallest absolute Gasteiger partial charge is 0.307 e. The van der Waals surface area contributed by atoms with Gasteiger partial charge in [-0.25, -0.2) is 0 Å². The van der Waals surface area contributed by atoms with E-state index in [0.717, 1.165) is 16.7 Å². The van der Waals surface area contributed by atoms with Crippen LogP contribution in [-0.4, -0.2) is 16.1 Å². The van der Waals surface area contributed by atoms with Crippen molar-refractivity contribution in [2.24, 2.45) is 0 Å². The van der Waals surface area contributed by atoms with Crippen molar-refractivity contribution < 1.29 is 9.90 Å². The number of rotatable bonds is 3. The van der Waals surface area contributed by atoms with Crippen LogP contribution in [0.1, 0.15) is 5.56 Å². The number of nitrogens with zero attached hydrogens (tertiary/aromatic N) is 1. The molecule has 0 aliphatic carbocycles. The van der Waals surface area contributed by atoms with Crippen molar-refractivity contribution in [3.8, 4) is 11.1 Å². The molecule has 0 radical (unpaired) electrons. The summed E-state index contributed by atoms with van der Waals surface area (Å²) in [5.74, 6) is -0.842. The third-order valence-electron chi connectivity index (χ3n) is 2.33. The van der Waals surface area contributed by atoms with E-state index < -0.39 is 5.97 Å². The lowest BCUT2D eigenvalue weighted by Gasteiger charge is -2.06. The minimum absolute atomic E-state index is 0.00192. The minimum Gasteiger partial charge on any atom is -0.481 e. The summed E-state index contributed by atoms with van der Waals surface area (Å²) in [5, 5.41) is 8.81. The zero-order chi connectivity index (χ0) is 11.4. The van der Waals surface area contributed by atoms with Gasteiger partial charge in [0.05, 0.1) is 6.42 Å². The van der Waals surface area contributed by atoms with Crippen molar-refractivity contribution in [2.75, 3.05) is 0 Å². The van der Waals surface area contributed by atoms with Crippen LogP contribution in [-0.2, 0) is 11.2 Å². The molecule has 0 fully saturated rings. The van der Waals surface area contributed by atoms with Gasteiger partial charge in [-0.3, -0.25) is 9.78 Å². The molecule has 1 aromatic heterocycles. The maximum absolute atomic E-state index is 10.7. The van der Waals surface area contributed by atoms with E-state index in [1.165, 1.54) is 0 Å². The van der Waals surface area contributed by atoms with E-state index in [1.807, 2.05) is 36.4 Å². The topological polar surface area (TPSA) is 50.2 Å². The fraction of sp³-hybridized carbons (Fsp3) is 0.0769. The summed E-state index contributed by atoms with van der Waals surface area (Å²) in [6, 6.07) is 11.6. The number of benzene rings is 1. The summed E-state index contributed by atoms with van der Waals surface area (Å²) in [6.07, 6.45) is 3.28. The molecule has 3 nitrogen and oxygen atoms in total. The van der Waals surface area contributed by atoms with E-state index >= 15 is 0 Å². The summed E-state index contributed by atoms with van der Waals surface area (Å²) < 4.78 is 0. The van der Waals surface area contributed by atoms with Crippen LogP contribution < -0.4 is 0 Å². The predicted molar refractivity (Wildman–Crippen MR) is 61.0 cm³/mol. The number of carboxylic acid groups (broad SMARTS) is 1. The molecule has 2 aromatic rings. The zero-order valence-electron chi connectivity index (χ0n) is 8.63. The number of hydrogen-bond donors (Lipinski definition) is 1. The van der Waals surface area contributed by atoms with Crippen molar-refractivity contribution in [1.29, 1.82) is 0 Å². The predicted octanol–water partition coefficient (Wildman–Crippen LogP) is 2.38. The van der Waals surface area contributed by atoms with Gasteiger partial charge in [-0.1, -0.05) is 30.3 Å². The molecule has 16 heavy (non-hydrogen) atoms. The van der Waals surface area contributed by atoms with Crippen LogP contribution in [0.15, 0.2) is 48.8 Å². The summed E-state index contributed by atoms with van der Waals surface area (Å²) in [5.41, 5.74) is 2.68. The third kappa shape index (κ3) is 2.25. The first-order valence-electron chi connectivity index (χ1n) is 4.97. The average Bonchev–Trinajstić information content (AvgIpc) is 2.30. The number of carbonyl (C=O) groups is 1. The second kappa shape index (κ2) is 4.57. The van der Waals surface area contributed by atoms with Crippen molar-refractivity contribution in [1.82, 2.24) is 4.98 Å². The molecule has 0 atom stereocenters. The first kappa shape index (κ1) is 10.4. The van der Waals surface area contributed by atoms with Gasteiger partial charge in [-0.15, -0.1) is 0 Å². The largest absolute Gasteiger partial charge is 0.481 e. The summed E-state index contributed by atoms with van der Waals surface area (Å²) >= 11 is 0. The van der Waals surface area contributed by atoms with Crippen molar-refractivity contribution >= 4 is 5.97 Å². The van der Waals surface area contributed by atoms with Crippen molar-refractivity contribution in [3.05, 3.63) is 54.4 Å². The molecule has 1 aromatic carbocycles. The number of aliphatic carboxylic acids is 1. The van der Waals surface area contributed by atoms with Crippen LogP contribution in [0.4, 0.5) is 0 Å². The highest BCUT2D eigenvalue weighted by Crippen LogP contribution is 2.22. The fourth-order valence-electron chi connectivity index (χ4n) is 1.63. The van der Waals surface area contributed by atoms with Gasteiger partial charge in [-0.2, -0.15) is 0 Å².